The highest BCUT2D eigenvalue weighted by Gasteiger charge is 2.32. The van der Waals surface area contributed by atoms with E-state index >= 15 is 0 Å². The van der Waals surface area contributed by atoms with E-state index in [-0.39, 0.29) is 5.92 Å². The van der Waals surface area contributed by atoms with E-state index in [1.54, 1.807) is 11.3 Å². The van der Waals surface area contributed by atoms with E-state index in [2.05, 4.69) is 17.9 Å². The molecular weight excluding hydrogens is 282 g/mol. The molecule has 0 saturated carbocycles. The maximum absolute atomic E-state index is 10.8. The lowest BCUT2D eigenvalue weighted by Gasteiger charge is -2.36. The molecule has 100 valence electrons. The number of hydrogen-bond donors (Lipinski definition) is 1. The smallest absolute Gasteiger partial charge is 0.309 e. The van der Waals surface area contributed by atoms with Gasteiger partial charge in [0, 0.05) is 24.5 Å². The molecule has 0 spiro atoms. The van der Waals surface area contributed by atoms with E-state index in [0.717, 1.165) is 16.3 Å². The molecule has 1 aliphatic rings. The Morgan fingerprint density at radius 2 is 2.26 bits per heavy atom. The predicted molar refractivity (Wildman–Crippen MR) is 78.0 cm³/mol. The van der Waals surface area contributed by atoms with Crippen molar-refractivity contribution in [3.63, 3.8) is 0 Å². The Labute approximate surface area is 120 Å². The third kappa shape index (κ3) is 2.24. The summed E-state index contributed by atoms with van der Waals surface area (Å²) in [5.74, 6) is -0.884. The summed E-state index contributed by atoms with van der Waals surface area (Å²) >= 11 is 7.93. The van der Waals surface area contributed by atoms with Crippen LogP contribution in [-0.2, 0) is 11.3 Å². The Bertz CT molecular complexity index is 646. The molecule has 19 heavy (non-hydrogen) atoms. The number of benzene rings is 1. The fraction of sp³-hybridized carbons (Fsp3) is 0.357. The Hall–Kier alpha value is -1.10. The van der Waals surface area contributed by atoms with Crippen LogP contribution >= 0.6 is 22.9 Å². The largest absolute Gasteiger partial charge is 0.481 e. The van der Waals surface area contributed by atoms with Crippen molar-refractivity contribution < 1.29 is 9.90 Å². The second kappa shape index (κ2) is 4.78. The summed E-state index contributed by atoms with van der Waals surface area (Å²) in [5, 5.41) is 10.9. The summed E-state index contributed by atoms with van der Waals surface area (Å²) in [5.41, 5.74) is 1.27. The first-order valence-electron chi connectivity index (χ1n) is 6.18. The zero-order valence-electron chi connectivity index (χ0n) is 10.5. The molecule has 1 saturated heterocycles. The molecular formula is C14H14ClNO2S. The van der Waals surface area contributed by atoms with Crippen molar-refractivity contribution in [2.75, 3.05) is 13.1 Å². The van der Waals surface area contributed by atoms with E-state index in [9.17, 15) is 4.79 Å². The van der Waals surface area contributed by atoms with Crippen molar-refractivity contribution in [1.29, 1.82) is 0 Å². The van der Waals surface area contributed by atoms with Gasteiger partial charge < -0.3 is 5.11 Å². The molecule has 0 unspecified atom stereocenters. The minimum atomic E-state index is -0.688. The van der Waals surface area contributed by atoms with Crippen LogP contribution in [0, 0.1) is 12.8 Å². The molecule has 3 rings (SSSR count). The molecule has 2 aromatic rings. The number of thiophene rings is 1. The van der Waals surface area contributed by atoms with Crippen LogP contribution < -0.4 is 0 Å². The summed E-state index contributed by atoms with van der Waals surface area (Å²) in [4.78, 5) is 14.2. The van der Waals surface area contributed by atoms with Gasteiger partial charge in [-0.2, -0.15) is 0 Å². The van der Waals surface area contributed by atoms with Crippen LogP contribution in [0.3, 0.4) is 0 Å². The molecule has 1 aromatic carbocycles. The van der Waals surface area contributed by atoms with Gasteiger partial charge in [0.1, 0.15) is 0 Å². The van der Waals surface area contributed by atoms with E-state index < -0.39 is 5.97 Å². The Morgan fingerprint density at radius 3 is 2.89 bits per heavy atom. The fourth-order valence-electron chi connectivity index (χ4n) is 2.47. The summed E-state index contributed by atoms with van der Waals surface area (Å²) in [6, 6.07) is 5.97. The van der Waals surface area contributed by atoms with Gasteiger partial charge in [-0.05, 0) is 23.9 Å². The molecule has 1 N–H and O–H groups in total. The Morgan fingerprint density at radius 1 is 1.53 bits per heavy atom. The number of carbonyl (C=O) groups is 1. The molecule has 0 aliphatic carbocycles. The zero-order chi connectivity index (χ0) is 13.6. The average Bonchev–Trinajstić information content (AvgIpc) is 2.62. The molecule has 2 heterocycles. The summed E-state index contributed by atoms with van der Waals surface area (Å²) in [7, 11) is 0. The van der Waals surface area contributed by atoms with Crippen molar-refractivity contribution in [2.45, 2.75) is 13.5 Å². The summed E-state index contributed by atoms with van der Waals surface area (Å²) < 4.78 is 1.13. The first-order chi connectivity index (χ1) is 9.06. The van der Waals surface area contributed by atoms with E-state index in [1.165, 1.54) is 15.8 Å². The second-order valence-electron chi connectivity index (χ2n) is 5.00. The maximum Gasteiger partial charge on any atom is 0.309 e. The number of nitrogens with zero attached hydrogens (tertiary/aromatic N) is 1. The molecule has 0 bridgehead atoms. The number of aryl methyl sites for hydroxylation is 1. The fourth-order valence-corrected chi connectivity index (χ4v) is 4.01. The molecule has 0 amide bonds. The van der Waals surface area contributed by atoms with Gasteiger partial charge in [-0.15, -0.1) is 11.3 Å². The van der Waals surface area contributed by atoms with E-state index in [0.29, 0.717) is 13.1 Å². The first kappa shape index (κ1) is 12.9. The number of carboxylic acid groups (broad SMARTS) is 1. The number of carboxylic acids is 1. The van der Waals surface area contributed by atoms with Crippen LogP contribution in [0.4, 0.5) is 0 Å². The van der Waals surface area contributed by atoms with Crippen molar-refractivity contribution >= 4 is 39.0 Å². The highest BCUT2D eigenvalue weighted by Crippen LogP contribution is 2.36. The van der Waals surface area contributed by atoms with Gasteiger partial charge in [0.15, 0.2) is 0 Å². The SMILES string of the molecule is Cc1c(CN2CC(C(=O)O)C2)sc2c(Cl)cccc12. The van der Waals surface area contributed by atoms with Crippen LogP contribution in [0.1, 0.15) is 10.4 Å². The monoisotopic (exact) mass is 295 g/mol. The van der Waals surface area contributed by atoms with E-state index in [4.69, 9.17) is 16.7 Å². The van der Waals surface area contributed by atoms with Crippen molar-refractivity contribution in [3.05, 3.63) is 33.7 Å². The number of rotatable bonds is 3. The summed E-state index contributed by atoms with van der Waals surface area (Å²) in [6.45, 7) is 4.23. The molecule has 1 aromatic heterocycles. The molecule has 1 aliphatic heterocycles. The molecule has 3 nitrogen and oxygen atoms in total. The van der Waals surface area contributed by atoms with Gasteiger partial charge in [0.25, 0.3) is 0 Å². The van der Waals surface area contributed by atoms with Gasteiger partial charge in [-0.1, -0.05) is 23.7 Å². The standard InChI is InChI=1S/C14H14ClNO2S/c1-8-10-3-2-4-11(15)13(10)19-12(8)7-16-5-9(6-16)14(17)18/h2-4,9H,5-7H2,1H3,(H,17,18). The van der Waals surface area contributed by atoms with Gasteiger partial charge in [0.2, 0.25) is 0 Å². The summed E-state index contributed by atoms with van der Waals surface area (Å²) in [6.07, 6.45) is 0. The normalized spacial score (nSPS) is 16.7. The van der Waals surface area contributed by atoms with Crippen LogP contribution in [0.5, 0.6) is 0 Å². The van der Waals surface area contributed by atoms with Crippen LogP contribution in [0.25, 0.3) is 10.1 Å². The topological polar surface area (TPSA) is 40.5 Å². The van der Waals surface area contributed by atoms with Crippen LogP contribution in [0.15, 0.2) is 18.2 Å². The minimum absolute atomic E-state index is 0.196. The average molecular weight is 296 g/mol. The van der Waals surface area contributed by atoms with Crippen LogP contribution in [-0.4, -0.2) is 29.1 Å². The van der Waals surface area contributed by atoms with Gasteiger partial charge in [-0.25, -0.2) is 0 Å². The lowest BCUT2D eigenvalue weighted by atomic mass is 10.0. The number of hydrogen-bond acceptors (Lipinski definition) is 3. The number of halogens is 1. The second-order valence-corrected chi connectivity index (χ2v) is 6.51. The predicted octanol–water partition coefficient (Wildman–Crippen LogP) is 3.38. The maximum atomic E-state index is 10.8. The van der Waals surface area contributed by atoms with Gasteiger partial charge >= 0.3 is 5.97 Å². The third-order valence-electron chi connectivity index (χ3n) is 3.69. The number of likely N-dealkylation sites (tertiary alicyclic amines) is 1. The van der Waals surface area contributed by atoms with Gasteiger partial charge in [-0.3, -0.25) is 9.69 Å². The van der Waals surface area contributed by atoms with Crippen LogP contribution in [0.2, 0.25) is 5.02 Å². The lowest BCUT2D eigenvalue weighted by Crippen LogP contribution is -2.49. The molecule has 0 atom stereocenters. The minimum Gasteiger partial charge on any atom is -0.481 e. The molecule has 1 fully saturated rings. The molecule has 5 heteroatoms. The first-order valence-corrected chi connectivity index (χ1v) is 7.37. The van der Waals surface area contributed by atoms with Crippen molar-refractivity contribution in [3.8, 4) is 0 Å². The Balaban J connectivity index is 1.81. The highest BCUT2D eigenvalue weighted by atomic mass is 35.5. The number of aliphatic carboxylic acids is 1. The lowest BCUT2D eigenvalue weighted by molar-refractivity contribution is -0.147. The highest BCUT2D eigenvalue weighted by molar-refractivity contribution is 7.20. The van der Waals surface area contributed by atoms with Crippen molar-refractivity contribution in [1.82, 2.24) is 4.90 Å². The Kier molecular flexibility index (Phi) is 3.25. The van der Waals surface area contributed by atoms with Gasteiger partial charge in [0.05, 0.1) is 15.6 Å². The van der Waals surface area contributed by atoms with Crippen molar-refractivity contribution in [2.24, 2.45) is 5.92 Å². The van der Waals surface area contributed by atoms with E-state index in [1.807, 2.05) is 12.1 Å². The molecule has 0 radical (unpaired) electrons. The third-order valence-corrected chi connectivity index (χ3v) is 5.44. The quantitative estimate of drug-likeness (QED) is 0.944. The zero-order valence-corrected chi connectivity index (χ0v) is 12.1. The number of fused-ring (bicyclic) bond motifs is 1.